The van der Waals surface area contributed by atoms with Crippen LogP contribution in [-0.4, -0.2) is 22.6 Å². The van der Waals surface area contributed by atoms with E-state index < -0.39 is 0 Å². The summed E-state index contributed by atoms with van der Waals surface area (Å²) in [5, 5.41) is 11.1. The van der Waals surface area contributed by atoms with Crippen molar-refractivity contribution < 1.29 is 4.42 Å². The van der Waals surface area contributed by atoms with Gasteiger partial charge in [0, 0.05) is 18.8 Å². The molecule has 0 aliphatic heterocycles. The third kappa shape index (κ3) is 3.60. The van der Waals surface area contributed by atoms with E-state index in [1.165, 1.54) is 25.7 Å². The van der Waals surface area contributed by atoms with E-state index in [1.54, 1.807) is 0 Å². The summed E-state index contributed by atoms with van der Waals surface area (Å²) < 4.78 is 5.43. The third-order valence-corrected chi connectivity index (χ3v) is 3.77. The molecule has 1 saturated carbocycles. The maximum absolute atomic E-state index is 5.62. The second-order valence-electron chi connectivity index (χ2n) is 4.84. The molecule has 1 aliphatic rings. The molecule has 2 rings (SSSR count). The molecule has 2 unspecified atom stereocenters. The van der Waals surface area contributed by atoms with Gasteiger partial charge in [0.05, 0.1) is 0 Å². The van der Waals surface area contributed by atoms with Crippen molar-refractivity contribution in [1.82, 2.24) is 10.2 Å². The van der Waals surface area contributed by atoms with Crippen molar-refractivity contribution in [1.29, 1.82) is 0 Å². The van der Waals surface area contributed by atoms with Crippen LogP contribution in [0, 0.1) is 11.8 Å². The van der Waals surface area contributed by atoms with Gasteiger partial charge in [0.15, 0.2) is 0 Å². The van der Waals surface area contributed by atoms with Crippen LogP contribution in [0.4, 0.5) is 6.01 Å². The first-order valence-electron chi connectivity index (χ1n) is 6.42. The first-order valence-corrected chi connectivity index (χ1v) is 6.95. The van der Waals surface area contributed by atoms with Gasteiger partial charge in [-0.3, -0.25) is 0 Å². The van der Waals surface area contributed by atoms with E-state index in [2.05, 4.69) is 22.4 Å². The summed E-state index contributed by atoms with van der Waals surface area (Å²) in [7, 11) is 0. The lowest BCUT2D eigenvalue weighted by Gasteiger charge is -2.28. The average molecular weight is 258 g/mol. The first-order chi connectivity index (χ1) is 8.29. The van der Waals surface area contributed by atoms with Gasteiger partial charge in [-0.15, -0.1) is 16.7 Å². The van der Waals surface area contributed by atoms with E-state index in [4.69, 9.17) is 16.0 Å². The largest absolute Gasteiger partial charge is 0.408 e. The number of aromatic nitrogens is 2. The van der Waals surface area contributed by atoms with Gasteiger partial charge in [-0.25, -0.2) is 0 Å². The zero-order chi connectivity index (χ0) is 12.1. The van der Waals surface area contributed by atoms with Gasteiger partial charge in [0.2, 0.25) is 5.89 Å². The summed E-state index contributed by atoms with van der Waals surface area (Å²) in [4.78, 5) is 0. The van der Waals surface area contributed by atoms with Crippen molar-refractivity contribution in [2.45, 2.75) is 39.0 Å². The molecular weight excluding hydrogens is 238 g/mol. The topological polar surface area (TPSA) is 51.0 Å². The van der Waals surface area contributed by atoms with Crippen molar-refractivity contribution >= 4 is 17.6 Å². The Balaban J connectivity index is 1.79. The Hall–Kier alpha value is -0.770. The Labute approximate surface area is 107 Å². The highest BCUT2D eigenvalue weighted by molar-refractivity contribution is 6.17. The molecular formula is C12H20ClN3O. The van der Waals surface area contributed by atoms with Crippen molar-refractivity contribution in [3.63, 3.8) is 0 Å². The Morgan fingerprint density at radius 1 is 1.35 bits per heavy atom. The molecule has 0 saturated heterocycles. The van der Waals surface area contributed by atoms with Crippen molar-refractivity contribution in [2.24, 2.45) is 11.8 Å². The number of alkyl halides is 1. The maximum atomic E-state index is 5.62. The quantitative estimate of drug-likeness (QED) is 0.824. The molecule has 0 spiro atoms. The van der Waals surface area contributed by atoms with E-state index in [9.17, 15) is 0 Å². The zero-order valence-corrected chi connectivity index (χ0v) is 11.0. The Morgan fingerprint density at radius 3 is 2.94 bits per heavy atom. The predicted molar refractivity (Wildman–Crippen MR) is 68.3 cm³/mol. The highest BCUT2D eigenvalue weighted by atomic mass is 35.5. The van der Waals surface area contributed by atoms with Gasteiger partial charge in [0.1, 0.15) is 0 Å². The third-order valence-electron chi connectivity index (χ3n) is 3.58. The minimum absolute atomic E-state index is 0.515. The maximum Gasteiger partial charge on any atom is 0.315 e. The summed E-state index contributed by atoms with van der Waals surface area (Å²) in [6, 6.07) is 0.530. The fourth-order valence-corrected chi connectivity index (χ4v) is 2.58. The Morgan fingerprint density at radius 2 is 2.18 bits per heavy atom. The van der Waals surface area contributed by atoms with E-state index >= 15 is 0 Å². The molecule has 1 heterocycles. The molecule has 96 valence electrons. The Kier molecular flexibility index (Phi) is 4.66. The van der Waals surface area contributed by atoms with Gasteiger partial charge in [-0.05, 0) is 18.3 Å². The molecule has 0 aromatic carbocycles. The second kappa shape index (κ2) is 6.24. The number of anilines is 1. The van der Waals surface area contributed by atoms with Crippen LogP contribution < -0.4 is 5.32 Å². The van der Waals surface area contributed by atoms with E-state index in [-0.39, 0.29) is 0 Å². The van der Waals surface area contributed by atoms with Crippen LogP contribution in [0.3, 0.4) is 0 Å². The second-order valence-corrected chi connectivity index (χ2v) is 5.22. The molecule has 17 heavy (non-hydrogen) atoms. The summed E-state index contributed by atoms with van der Waals surface area (Å²) in [5.74, 6) is 2.65. The molecule has 0 radical (unpaired) electrons. The fraction of sp³-hybridized carbons (Fsp3) is 0.833. The lowest BCUT2D eigenvalue weighted by molar-refractivity contribution is 0.267. The molecule has 1 aromatic heterocycles. The van der Waals surface area contributed by atoms with Crippen LogP contribution in [-0.2, 0) is 6.42 Å². The van der Waals surface area contributed by atoms with Crippen LogP contribution in [0.25, 0.3) is 0 Å². The van der Waals surface area contributed by atoms with Gasteiger partial charge >= 0.3 is 6.01 Å². The summed E-state index contributed by atoms with van der Waals surface area (Å²) >= 11 is 5.62. The average Bonchev–Trinajstić information content (AvgIpc) is 2.76. The van der Waals surface area contributed by atoms with Gasteiger partial charge in [-0.1, -0.05) is 31.3 Å². The standard InChI is InChI=1S/C12H20ClN3O/c1-9-4-2-3-5-10(9)8-14-12-16-15-11(17-12)6-7-13/h9-10H,2-8H2,1H3,(H,14,16). The molecule has 1 N–H and O–H groups in total. The van der Waals surface area contributed by atoms with E-state index in [0.717, 1.165) is 18.4 Å². The molecule has 0 amide bonds. The van der Waals surface area contributed by atoms with Crippen LogP contribution in [0.5, 0.6) is 0 Å². The molecule has 5 heteroatoms. The van der Waals surface area contributed by atoms with Crippen molar-refractivity contribution in [3.8, 4) is 0 Å². The molecule has 1 aromatic rings. The first kappa shape index (κ1) is 12.7. The summed E-state index contributed by atoms with van der Waals surface area (Å²) in [6.07, 6.45) is 6.00. The predicted octanol–water partition coefficient (Wildman–Crippen LogP) is 3.09. The molecule has 0 bridgehead atoms. The lowest BCUT2D eigenvalue weighted by Crippen LogP contribution is -2.24. The summed E-state index contributed by atoms with van der Waals surface area (Å²) in [5.41, 5.74) is 0. The fourth-order valence-electron chi connectivity index (χ4n) is 2.42. The van der Waals surface area contributed by atoms with Gasteiger partial charge in [0.25, 0.3) is 0 Å². The van der Waals surface area contributed by atoms with Crippen LogP contribution in [0.1, 0.15) is 38.5 Å². The number of hydrogen-bond donors (Lipinski definition) is 1. The highest BCUT2D eigenvalue weighted by Crippen LogP contribution is 2.29. The number of hydrogen-bond acceptors (Lipinski definition) is 4. The van der Waals surface area contributed by atoms with Crippen molar-refractivity contribution in [3.05, 3.63) is 5.89 Å². The number of halogens is 1. The monoisotopic (exact) mass is 257 g/mol. The normalized spacial score (nSPS) is 24.8. The highest BCUT2D eigenvalue weighted by Gasteiger charge is 2.21. The number of aryl methyl sites for hydroxylation is 1. The number of nitrogens with one attached hydrogen (secondary N) is 1. The van der Waals surface area contributed by atoms with E-state index in [1.807, 2.05) is 0 Å². The van der Waals surface area contributed by atoms with Gasteiger partial charge < -0.3 is 9.73 Å². The minimum Gasteiger partial charge on any atom is -0.408 e. The summed E-state index contributed by atoms with van der Waals surface area (Å²) in [6.45, 7) is 3.27. The van der Waals surface area contributed by atoms with Gasteiger partial charge in [-0.2, -0.15) is 0 Å². The van der Waals surface area contributed by atoms with Crippen LogP contribution >= 0.6 is 11.6 Å². The lowest BCUT2D eigenvalue weighted by atomic mass is 9.80. The number of rotatable bonds is 5. The zero-order valence-electron chi connectivity index (χ0n) is 10.3. The smallest absolute Gasteiger partial charge is 0.315 e. The van der Waals surface area contributed by atoms with Crippen LogP contribution in [0.15, 0.2) is 4.42 Å². The molecule has 1 aliphatic carbocycles. The van der Waals surface area contributed by atoms with E-state index in [0.29, 0.717) is 24.2 Å². The molecule has 4 nitrogen and oxygen atoms in total. The number of nitrogens with zero attached hydrogens (tertiary/aromatic N) is 2. The Bertz CT molecular complexity index is 342. The molecule has 1 fully saturated rings. The van der Waals surface area contributed by atoms with Crippen LogP contribution in [0.2, 0.25) is 0 Å². The SMILES string of the molecule is CC1CCCCC1CNc1nnc(CCCl)o1. The van der Waals surface area contributed by atoms with Crippen molar-refractivity contribution in [2.75, 3.05) is 17.7 Å². The molecule has 2 atom stereocenters. The minimum atomic E-state index is 0.515.